The Labute approximate surface area is 185 Å². The van der Waals surface area contributed by atoms with Crippen LogP contribution in [0.5, 0.6) is 11.5 Å². The number of ether oxygens (including phenoxy) is 1. The number of carbonyl (C=O) groups excluding carboxylic acids is 1. The van der Waals surface area contributed by atoms with Crippen LogP contribution in [-0.2, 0) is 4.79 Å². The highest BCUT2D eigenvalue weighted by molar-refractivity contribution is 6.31. The molecule has 0 aliphatic carbocycles. The van der Waals surface area contributed by atoms with Crippen molar-refractivity contribution in [3.8, 4) is 11.5 Å². The molecule has 0 saturated carbocycles. The highest BCUT2D eigenvalue weighted by Gasteiger charge is 2.09. The van der Waals surface area contributed by atoms with Crippen LogP contribution in [0.1, 0.15) is 0 Å². The summed E-state index contributed by atoms with van der Waals surface area (Å²) < 4.78 is 4.87. The van der Waals surface area contributed by atoms with E-state index in [-0.39, 0.29) is 33.7 Å². The van der Waals surface area contributed by atoms with Crippen molar-refractivity contribution in [3.05, 3.63) is 65.2 Å². The van der Waals surface area contributed by atoms with E-state index in [2.05, 4.69) is 30.5 Å². The first-order valence-electron chi connectivity index (χ1n) is 8.74. The Hall–Kier alpha value is -3.82. The van der Waals surface area contributed by atoms with Crippen LogP contribution in [-0.4, -0.2) is 26.5 Å². The molecule has 2 N–H and O–H groups in total. The number of aromatic nitrogens is 3. The summed E-state index contributed by atoms with van der Waals surface area (Å²) in [6.45, 7) is 0.312. The van der Waals surface area contributed by atoms with Crippen molar-refractivity contribution in [1.29, 1.82) is 0 Å². The van der Waals surface area contributed by atoms with Crippen LogP contribution in [0.4, 0.5) is 23.0 Å². The maximum atomic E-state index is 10.6. The molecule has 4 rings (SSSR count). The molecule has 3 aromatic carbocycles. The zero-order valence-corrected chi connectivity index (χ0v) is 17.0. The third-order valence-electron chi connectivity index (χ3n) is 4.11. The van der Waals surface area contributed by atoms with Crippen molar-refractivity contribution in [3.63, 3.8) is 0 Å². The van der Waals surface area contributed by atoms with E-state index in [1.54, 1.807) is 54.6 Å². The predicted molar refractivity (Wildman–Crippen MR) is 116 cm³/mol. The molecule has 9 nitrogen and oxygen atoms in total. The number of azo groups is 1. The normalized spacial score (nSPS) is 11.0. The van der Waals surface area contributed by atoms with E-state index in [0.717, 1.165) is 5.39 Å². The molecule has 1 heterocycles. The minimum Gasteiger partial charge on any atom is -0.505 e. The fourth-order valence-corrected chi connectivity index (χ4v) is 3.13. The van der Waals surface area contributed by atoms with Gasteiger partial charge in [-0.25, -0.2) is 0 Å². The molecule has 0 atom stereocenters. The lowest BCUT2D eigenvalue weighted by Gasteiger charge is -2.08. The van der Waals surface area contributed by atoms with Gasteiger partial charge in [-0.3, -0.25) is 4.79 Å². The van der Waals surface area contributed by atoms with Crippen LogP contribution in [0.2, 0.25) is 10.6 Å². The molecule has 4 aromatic rings. The number of phenols is 1. The molecule has 31 heavy (non-hydrogen) atoms. The van der Waals surface area contributed by atoms with Crippen LogP contribution >= 0.6 is 23.2 Å². The van der Waals surface area contributed by atoms with Crippen LogP contribution < -0.4 is 10.1 Å². The summed E-state index contributed by atoms with van der Waals surface area (Å²) in [7, 11) is 0. The average molecular weight is 455 g/mol. The van der Waals surface area contributed by atoms with Gasteiger partial charge in [-0.1, -0.05) is 18.2 Å². The number of anilines is 2. The van der Waals surface area contributed by atoms with Crippen LogP contribution in [0.3, 0.4) is 0 Å². The second-order valence-electron chi connectivity index (χ2n) is 6.07. The summed E-state index contributed by atoms with van der Waals surface area (Å²) in [5.74, 6) is 0.402. The van der Waals surface area contributed by atoms with Gasteiger partial charge in [-0.15, -0.1) is 10.2 Å². The summed E-state index contributed by atoms with van der Waals surface area (Å²) in [5, 5.41) is 23.0. The molecule has 0 spiro atoms. The van der Waals surface area contributed by atoms with E-state index in [1.807, 2.05) is 0 Å². The quantitative estimate of drug-likeness (QED) is 0.281. The Morgan fingerprint density at radius 3 is 2.45 bits per heavy atom. The number of phenolic OH excluding ortho intramolecular Hbond substituents is 1. The number of aromatic hydroxyl groups is 1. The maximum absolute atomic E-state index is 10.6. The molecule has 0 bridgehead atoms. The van der Waals surface area contributed by atoms with Crippen molar-refractivity contribution in [2.75, 3.05) is 5.32 Å². The number of halogens is 2. The van der Waals surface area contributed by atoms with Gasteiger partial charge < -0.3 is 15.2 Å². The van der Waals surface area contributed by atoms with E-state index in [1.165, 1.54) is 0 Å². The largest absolute Gasteiger partial charge is 0.505 e. The molecule has 0 fully saturated rings. The molecule has 0 aliphatic heterocycles. The number of benzene rings is 3. The first-order valence-corrected chi connectivity index (χ1v) is 9.50. The zero-order chi connectivity index (χ0) is 21.8. The fraction of sp³-hybridized carbons (Fsp3) is 0. The number of carbonyl (C=O) groups is 1. The van der Waals surface area contributed by atoms with Gasteiger partial charge in [-0.2, -0.15) is 15.0 Å². The number of nitrogens with one attached hydrogen (secondary N) is 1. The van der Waals surface area contributed by atoms with Crippen molar-refractivity contribution in [2.24, 2.45) is 10.2 Å². The highest BCUT2D eigenvalue weighted by atomic mass is 35.5. The Balaban J connectivity index is 1.62. The molecular weight excluding hydrogens is 443 g/mol. The summed E-state index contributed by atoms with van der Waals surface area (Å²) in [6, 6.07) is 15.3. The summed E-state index contributed by atoms with van der Waals surface area (Å²) in [4.78, 5) is 22.2. The predicted octanol–water partition coefficient (Wildman–Crippen LogP) is 5.73. The number of hydrogen-bond acceptors (Lipinski definition) is 9. The Bertz CT molecular complexity index is 1300. The van der Waals surface area contributed by atoms with Crippen molar-refractivity contribution in [2.45, 2.75) is 0 Å². The molecule has 0 unspecified atom stereocenters. The van der Waals surface area contributed by atoms with Gasteiger partial charge in [0.1, 0.15) is 11.4 Å². The third-order valence-corrected chi connectivity index (χ3v) is 4.45. The van der Waals surface area contributed by atoms with Crippen molar-refractivity contribution >= 4 is 63.5 Å². The summed E-state index contributed by atoms with van der Waals surface area (Å²) >= 11 is 11.6. The second-order valence-corrected chi connectivity index (χ2v) is 6.75. The molecule has 0 aliphatic rings. The monoisotopic (exact) mass is 454 g/mol. The summed E-state index contributed by atoms with van der Waals surface area (Å²) in [5.41, 5.74) is 1.26. The first kappa shape index (κ1) is 20.5. The smallest absolute Gasteiger partial charge is 0.298 e. The van der Waals surface area contributed by atoms with Gasteiger partial charge in [0, 0.05) is 11.1 Å². The Morgan fingerprint density at radius 2 is 1.68 bits per heavy atom. The minimum atomic E-state index is -0.0483. The molecule has 0 saturated heterocycles. The second kappa shape index (κ2) is 8.90. The van der Waals surface area contributed by atoms with Gasteiger partial charge in [-0.05, 0) is 65.0 Å². The number of nitrogens with zero attached hydrogens (tertiary/aromatic N) is 5. The van der Waals surface area contributed by atoms with Crippen LogP contribution in [0.15, 0.2) is 64.8 Å². The molecular formula is C20H12Cl2N6O3. The lowest BCUT2D eigenvalue weighted by Crippen LogP contribution is -1.99. The van der Waals surface area contributed by atoms with Gasteiger partial charge >= 0.3 is 0 Å². The number of fused-ring (bicyclic) bond motifs is 1. The third kappa shape index (κ3) is 4.68. The molecule has 154 valence electrons. The van der Waals surface area contributed by atoms with E-state index in [9.17, 15) is 9.90 Å². The van der Waals surface area contributed by atoms with Crippen LogP contribution in [0.25, 0.3) is 10.8 Å². The molecule has 1 aromatic heterocycles. The van der Waals surface area contributed by atoms with Gasteiger partial charge in [0.15, 0.2) is 11.5 Å². The van der Waals surface area contributed by atoms with Crippen molar-refractivity contribution in [1.82, 2.24) is 15.0 Å². The van der Waals surface area contributed by atoms with Crippen LogP contribution in [0, 0.1) is 0 Å². The maximum Gasteiger partial charge on any atom is 0.298 e. The number of rotatable bonds is 6. The van der Waals surface area contributed by atoms with E-state index in [4.69, 9.17) is 27.9 Å². The SMILES string of the molecule is O=COc1ccccc1N=Nc1ccc2cc(Nc3nc(Cl)nc(Cl)n3)ccc2c1O. The lowest BCUT2D eigenvalue weighted by atomic mass is 10.1. The average Bonchev–Trinajstić information content (AvgIpc) is 2.74. The Morgan fingerprint density at radius 1 is 0.935 bits per heavy atom. The zero-order valence-electron chi connectivity index (χ0n) is 15.5. The van der Waals surface area contributed by atoms with Crippen molar-refractivity contribution < 1.29 is 14.6 Å². The van der Waals surface area contributed by atoms with E-state index >= 15 is 0 Å². The topological polar surface area (TPSA) is 122 Å². The summed E-state index contributed by atoms with van der Waals surface area (Å²) in [6.07, 6.45) is 0. The van der Waals surface area contributed by atoms with E-state index in [0.29, 0.717) is 23.2 Å². The van der Waals surface area contributed by atoms with Gasteiger partial charge in [0.05, 0.1) is 0 Å². The molecule has 0 radical (unpaired) electrons. The standard InChI is InChI=1S/C20H12Cl2N6O3/c21-18-24-19(22)26-20(25-18)23-12-6-7-13-11(9-12)5-8-15(17(13)30)28-27-14-3-1-2-4-16(14)31-10-29/h1-10,30H,(H,23,24,25,26). The van der Waals surface area contributed by atoms with Gasteiger partial charge in [0.2, 0.25) is 16.5 Å². The minimum absolute atomic E-state index is 0.0314. The van der Waals surface area contributed by atoms with Gasteiger partial charge in [0.25, 0.3) is 6.47 Å². The molecule has 11 heteroatoms. The van der Waals surface area contributed by atoms with E-state index < -0.39 is 0 Å². The lowest BCUT2D eigenvalue weighted by molar-refractivity contribution is -0.120. The number of para-hydroxylation sites is 1. The highest BCUT2D eigenvalue weighted by Crippen LogP contribution is 2.37. The number of hydrogen-bond donors (Lipinski definition) is 2. The Kier molecular flexibility index (Phi) is 5.87. The first-order chi connectivity index (χ1) is 15.0. The fourth-order valence-electron chi connectivity index (χ4n) is 2.77. The molecule has 0 amide bonds.